The molecule has 8 heteroatoms. The summed E-state index contributed by atoms with van der Waals surface area (Å²) < 4.78 is 39.7. The number of nitrogens with one attached hydrogen (secondary N) is 1. The SMILES string of the molecule is O=C(Cc1ccc(OC(F)(F)F)cc1)NCC1(C(=O)O)CC1. The lowest BCUT2D eigenvalue weighted by atomic mass is 10.1. The van der Waals surface area contributed by atoms with E-state index in [0.29, 0.717) is 18.4 Å². The Kier molecular flexibility index (Phi) is 4.30. The number of hydrogen-bond donors (Lipinski definition) is 2. The van der Waals surface area contributed by atoms with Crippen molar-refractivity contribution < 1.29 is 32.6 Å². The first-order valence-corrected chi connectivity index (χ1v) is 6.55. The number of amides is 1. The van der Waals surface area contributed by atoms with Crippen molar-refractivity contribution in [2.75, 3.05) is 6.54 Å². The van der Waals surface area contributed by atoms with E-state index >= 15 is 0 Å². The molecule has 0 aliphatic heterocycles. The van der Waals surface area contributed by atoms with Crippen LogP contribution >= 0.6 is 0 Å². The van der Waals surface area contributed by atoms with E-state index in [0.717, 1.165) is 12.1 Å². The maximum absolute atomic E-state index is 12.0. The van der Waals surface area contributed by atoms with Gasteiger partial charge in [-0.3, -0.25) is 9.59 Å². The molecule has 5 nitrogen and oxygen atoms in total. The van der Waals surface area contributed by atoms with Gasteiger partial charge in [-0.1, -0.05) is 12.1 Å². The number of hydrogen-bond acceptors (Lipinski definition) is 3. The van der Waals surface area contributed by atoms with Crippen LogP contribution in [0.25, 0.3) is 0 Å². The molecule has 1 aromatic rings. The zero-order valence-corrected chi connectivity index (χ0v) is 11.4. The number of rotatable bonds is 6. The van der Waals surface area contributed by atoms with Gasteiger partial charge in [0, 0.05) is 6.54 Å². The Balaban J connectivity index is 1.83. The van der Waals surface area contributed by atoms with Gasteiger partial charge in [0.25, 0.3) is 0 Å². The minimum absolute atomic E-state index is 0.0397. The van der Waals surface area contributed by atoms with Crippen LogP contribution in [-0.4, -0.2) is 29.9 Å². The number of alkyl halides is 3. The van der Waals surface area contributed by atoms with Crippen molar-refractivity contribution in [3.8, 4) is 5.75 Å². The molecule has 120 valence electrons. The molecule has 0 radical (unpaired) electrons. The molecular formula is C14H14F3NO4. The number of carbonyl (C=O) groups is 2. The summed E-state index contributed by atoms with van der Waals surface area (Å²) in [6.07, 6.45) is -3.73. The molecule has 1 amide bonds. The van der Waals surface area contributed by atoms with E-state index in [1.807, 2.05) is 0 Å². The normalized spacial score (nSPS) is 16.0. The van der Waals surface area contributed by atoms with E-state index in [-0.39, 0.29) is 24.6 Å². The molecule has 2 rings (SSSR count). The van der Waals surface area contributed by atoms with Crippen LogP contribution in [0.1, 0.15) is 18.4 Å². The molecule has 22 heavy (non-hydrogen) atoms. The van der Waals surface area contributed by atoms with Gasteiger partial charge in [-0.2, -0.15) is 0 Å². The average molecular weight is 317 g/mol. The summed E-state index contributed by atoms with van der Waals surface area (Å²) in [6, 6.07) is 4.95. The third-order valence-corrected chi connectivity index (χ3v) is 3.45. The summed E-state index contributed by atoms with van der Waals surface area (Å²) in [5.41, 5.74) is -0.340. The van der Waals surface area contributed by atoms with Crippen LogP contribution in [0, 0.1) is 5.41 Å². The molecule has 0 bridgehead atoms. The number of benzene rings is 1. The van der Waals surface area contributed by atoms with Gasteiger partial charge in [0.1, 0.15) is 5.75 Å². The van der Waals surface area contributed by atoms with Crippen LogP contribution < -0.4 is 10.1 Å². The van der Waals surface area contributed by atoms with Crippen LogP contribution in [0.2, 0.25) is 0 Å². The standard InChI is InChI=1S/C14H14F3NO4/c15-14(16,17)22-10-3-1-9(2-4-10)7-11(19)18-8-13(5-6-13)12(20)21/h1-4H,5-8H2,(H,18,19)(H,20,21). The smallest absolute Gasteiger partial charge is 0.481 e. The molecule has 0 saturated heterocycles. The van der Waals surface area contributed by atoms with Gasteiger partial charge >= 0.3 is 12.3 Å². The minimum atomic E-state index is -4.76. The quantitative estimate of drug-likeness (QED) is 0.842. The largest absolute Gasteiger partial charge is 0.573 e. The highest BCUT2D eigenvalue weighted by atomic mass is 19.4. The van der Waals surface area contributed by atoms with Crippen molar-refractivity contribution in [2.24, 2.45) is 5.41 Å². The molecule has 1 aliphatic rings. The average Bonchev–Trinajstić information content (AvgIpc) is 3.18. The first-order valence-electron chi connectivity index (χ1n) is 6.55. The Bertz CT molecular complexity index is 564. The summed E-state index contributed by atoms with van der Waals surface area (Å²) in [6.45, 7) is 0.0659. The fourth-order valence-electron chi connectivity index (χ4n) is 1.94. The van der Waals surface area contributed by atoms with E-state index in [9.17, 15) is 22.8 Å². The maximum Gasteiger partial charge on any atom is 0.573 e. The fraction of sp³-hybridized carbons (Fsp3) is 0.429. The van der Waals surface area contributed by atoms with Crippen LogP contribution in [0.15, 0.2) is 24.3 Å². The fourth-order valence-corrected chi connectivity index (χ4v) is 1.94. The zero-order chi connectivity index (χ0) is 16.4. The molecule has 2 N–H and O–H groups in total. The van der Waals surface area contributed by atoms with Crippen molar-refractivity contribution in [3.63, 3.8) is 0 Å². The van der Waals surface area contributed by atoms with Gasteiger partial charge in [-0.05, 0) is 30.5 Å². The van der Waals surface area contributed by atoms with Crippen LogP contribution in [0.4, 0.5) is 13.2 Å². The van der Waals surface area contributed by atoms with E-state index in [1.165, 1.54) is 12.1 Å². The van der Waals surface area contributed by atoms with Gasteiger partial charge in [-0.25, -0.2) is 0 Å². The first kappa shape index (κ1) is 16.1. The second-order valence-electron chi connectivity index (χ2n) is 5.23. The van der Waals surface area contributed by atoms with Crippen LogP contribution in [0.3, 0.4) is 0 Å². The summed E-state index contributed by atoms with van der Waals surface area (Å²) in [7, 11) is 0. The zero-order valence-electron chi connectivity index (χ0n) is 11.4. The third kappa shape index (κ3) is 4.37. The first-order chi connectivity index (χ1) is 10.2. The highest BCUT2D eigenvalue weighted by molar-refractivity contribution is 5.82. The molecule has 1 fully saturated rings. The number of carbonyl (C=O) groups excluding carboxylic acids is 1. The summed E-state index contributed by atoms with van der Waals surface area (Å²) in [5.74, 6) is -1.67. The van der Waals surface area contributed by atoms with Crippen molar-refractivity contribution >= 4 is 11.9 Å². The van der Waals surface area contributed by atoms with Gasteiger partial charge in [0.2, 0.25) is 5.91 Å². The molecule has 1 aliphatic carbocycles. The Morgan fingerprint density at radius 3 is 2.27 bits per heavy atom. The number of halogens is 3. The van der Waals surface area contributed by atoms with E-state index in [1.54, 1.807) is 0 Å². The highest BCUT2D eigenvalue weighted by Crippen LogP contribution is 2.45. The van der Waals surface area contributed by atoms with Crippen molar-refractivity contribution in [1.82, 2.24) is 5.32 Å². The number of aliphatic carboxylic acids is 1. The van der Waals surface area contributed by atoms with Gasteiger partial charge in [-0.15, -0.1) is 13.2 Å². The number of carboxylic acid groups (broad SMARTS) is 1. The van der Waals surface area contributed by atoms with Crippen molar-refractivity contribution in [2.45, 2.75) is 25.6 Å². The molecule has 0 aromatic heterocycles. The Labute approximate surface area is 124 Å². The van der Waals surface area contributed by atoms with Crippen LogP contribution in [0.5, 0.6) is 5.75 Å². The van der Waals surface area contributed by atoms with E-state index < -0.39 is 17.7 Å². The summed E-state index contributed by atoms with van der Waals surface area (Å²) >= 11 is 0. The lowest BCUT2D eigenvalue weighted by Gasteiger charge is -2.11. The topological polar surface area (TPSA) is 75.6 Å². The molecular weight excluding hydrogens is 303 g/mol. The molecule has 0 atom stereocenters. The predicted molar refractivity (Wildman–Crippen MR) is 69.1 cm³/mol. The second kappa shape index (κ2) is 5.86. The molecule has 1 saturated carbocycles. The third-order valence-electron chi connectivity index (χ3n) is 3.45. The van der Waals surface area contributed by atoms with Gasteiger partial charge in [0.15, 0.2) is 0 Å². The van der Waals surface area contributed by atoms with Crippen LogP contribution in [-0.2, 0) is 16.0 Å². The molecule has 0 heterocycles. The lowest BCUT2D eigenvalue weighted by molar-refractivity contribution is -0.274. The van der Waals surface area contributed by atoms with Crippen molar-refractivity contribution in [1.29, 1.82) is 0 Å². The maximum atomic E-state index is 12.0. The number of ether oxygens (including phenoxy) is 1. The van der Waals surface area contributed by atoms with Gasteiger partial charge < -0.3 is 15.2 Å². The highest BCUT2D eigenvalue weighted by Gasteiger charge is 2.50. The Hall–Kier alpha value is -2.25. The number of carboxylic acids is 1. The predicted octanol–water partition coefficient (Wildman–Crippen LogP) is 2.11. The lowest BCUT2D eigenvalue weighted by Crippen LogP contribution is -2.35. The summed E-state index contributed by atoms with van der Waals surface area (Å²) in [5, 5.41) is 11.5. The van der Waals surface area contributed by atoms with Crippen molar-refractivity contribution in [3.05, 3.63) is 29.8 Å². The second-order valence-corrected chi connectivity index (χ2v) is 5.23. The van der Waals surface area contributed by atoms with E-state index in [4.69, 9.17) is 5.11 Å². The van der Waals surface area contributed by atoms with Gasteiger partial charge in [0.05, 0.1) is 11.8 Å². The van der Waals surface area contributed by atoms with E-state index in [2.05, 4.69) is 10.1 Å². The Morgan fingerprint density at radius 1 is 1.23 bits per heavy atom. The molecule has 0 unspecified atom stereocenters. The monoisotopic (exact) mass is 317 g/mol. The minimum Gasteiger partial charge on any atom is -0.481 e. The Morgan fingerprint density at radius 2 is 1.82 bits per heavy atom. The molecule has 0 spiro atoms. The molecule has 1 aromatic carbocycles. The summed E-state index contributed by atoms with van der Waals surface area (Å²) in [4.78, 5) is 22.7.